The minimum absolute atomic E-state index is 0.0934. The quantitative estimate of drug-likeness (QED) is 0.459. The predicted octanol–water partition coefficient (Wildman–Crippen LogP) is 5.77. The fourth-order valence-corrected chi connectivity index (χ4v) is 3.51. The molecular weight excluding hydrogens is 396 g/mol. The summed E-state index contributed by atoms with van der Waals surface area (Å²) in [7, 11) is 0. The number of hydrogen-bond acceptors (Lipinski definition) is 3. The van der Waals surface area contributed by atoms with Gasteiger partial charge in [0.25, 0.3) is 5.91 Å². The summed E-state index contributed by atoms with van der Waals surface area (Å²) in [6.07, 6.45) is 0. The number of carbonyl (C=O) groups excluding carboxylic acids is 1. The van der Waals surface area contributed by atoms with Gasteiger partial charge in [-0.2, -0.15) is 0 Å². The van der Waals surface area contributed by atoms with Crippen LogP contribution < -0.4 is 5.32 Å². The van der Waals surface area contributed by atoms with Crippen LogP contribution in [0, 0.1) is 20.8 Å². The number of aromatic nitrogens is 3. The van der Waals surface area contributed by atoms with Gasteiger partial charge in [-0.3, -0.25) is 4.79 Å². The number of benzene rings is 3. The number of nitrogens with one attached hydrogen (secondary N) is 1. The van der Waals surface area contributed by atoms with Crippen molar-refractivity contribution in [2.45, 2.75) is 20.8 Å². The molecule has 0 aliphatic rings. The molecule has 1 amide bonds. The Morgan fingerprint density at radius 1 is 0.900 bits per heavy atom. The molecule has 0 fully saturated rings. The van der Waals surface area contributed by atoms with E-state index >= 15 is 0 Å². The van der Waals surface area contributed by atoms with Crippen molar-refractivity contribution in [3.8, 4) is 17.1 Å². The van der Waals surface area contributed by atoms with Crippen molar-refractivity contribution in [3.63, 3.8) is 0 Å². The monoisotopic (exact) mass is 416 g/mol. The summed E-state index contributed by atoms with van der Waals surface area (Å²) >= 11 is 6.24. The van der Waals surface area contributed by atoms with Crippen LogP contribution >= 0.6 is 11.6 Å². The van der Waals surface area contributed by atoms with Gasteiger partial charge in [0.2, 0.25) is 5.82 Å². The number of nitrogens with zero attached hydrogens (tertiary/aromatic N) is 3. The Morgan fingerprint density at radius 2 is 1.60 bits per heavy atom. The van der Waals surface area contributed by atoms with E-state index in [-0.39, 0.29) is 11.7 Å². The van der Waals surface area contributed by atoms with Gasteiger partial charge in [0.1, 0.15) is 0 Å². The summed E-state index contributed by atoms with van der Waals surface area (Å²) in [5.41, 5.74) is 5.35. The molecule has 0 spiro atoms. The number of amides is 1. The lowest BCUT2D eigenvalue weighted by Gasteiger charge is -2.10. The van der Waals surface area contributed by atoms with Crippen LogP contribution in [0.5, 0.6) is 0 Å². The Bertz CT molecular complexity index is 1210. The van der Waals surface area contributed by atoms with E-state index in [2.05, 4.69) is 15.4 Å². The SMILES string of the molecule is Cc1ccc(Cl)cc1-n1nc(C(=O)Nc2c(C)cccc2C)nc1-c1ccccc1. The van der Waals surface area contributed by atoms with Gasteiger partial charge in [-0.25, -0.2) is 9.67 Å². The molecule has 0 unspecified atom stereocenters. The van der Waals surface area contributed by atoms with Gasteiger partial charge in [-0.1, -0.05) is 66.2 Å². The van der Waals surface area contributed by atoms with Crippen molar-refractivity contribution in [1.29, 1.82) is 0 Å². The fourth-order valence-electron chi connectivity index (χ4n) is 3.34. The Kier molecular flexibility index (Phi) is 5.38. The maximum atomic E-state index is 13.0. The average Bonchev–Trinajstić information content (AvgIpc) is 3.18. The highest BCUT2D eigenvalue weighted by atomic mass is 35.5. The Hall–Kier alpha value is -3.44. The molecule has 3 aromatic carbocycles. The first-order chi connectivity index (χ1) is 14.4. The van der Waals surface area contributed by atoms with E-state index in [0.29, 0.717) is 10.8 Å². The lowest BCUT2D eigenvalue weighted by molar-refractivity contribution is 0.101. The molecule has 0 saturated heterocycles. The normalized spacial score (nSPS) is 10.8. The van der Waals surface area contributed by atoms with Gasteiger partial charge < -0.3 is 5.32 Å². The number of halogens is 1. The molecule has 1 heterocycles. The highest BCUT2D eigenvalue weighted by Crippen LogP contribution is 2.26. The van der Waals surface area contributed by atoms with Crippen LogP contribution in [0.15, 0.2) is 66.7 Å². The van der Waals surface area contributed by atoms with Crippen molar-refractivity contribution in [1.82, 2.24) is 14.8 Å². The fraction of sp³-hybridized carbons (Fsp3) is 0.125. The molecule has 0 aliphatic heterocycles. The van der Waals surface area contributed by atoms with Crippen molar-refractivity contribution < 1.29 is 4.79 Å². The molecular formula is C24H21ClN4O. The summed E-state index contributed by atoms with van der Waals surface area (Å²) < 4.78 is 1.68. The largest absolute Gasteiger partial charge is 0.319 e. The Labute approximate surface area is 180 Å². The first kappa shape index (κ1) is 19.9. The molecule has 6 heteroatoms. The van der Waals surface area contributed by atoms with Gasteiger partial charge in [0, 0.05) is 16.3 Å². The molecule has 5 nitrogen and oxygen atoms in total. The van der Waals surface area contributed by atoms with E-state index in [1.807, 2.05) is 87.5 Å². The topological polar surface area (TPSA) is 59.8 Å². The van der Waals surface area contributed by atoms with E-state index in [1.165, 1.54) is 0 Å². The summed E-state index contributed by atoms with van der Waals surface area (Å²) in [6, 6.07) is 21.1. The number of hydrogen-bond donors (Lipinski definition) is 1. The summed E-state index contributed by atoms with van der Waals surface area (Å²) in [4.78, 5) is 17.6. The standard InChI is InChI=1S/C24H21ClN4O/c1-15-12-13-19(25)14-20(15)29-23(18-10-5-4-6-11-18)27-22(28-29)24(30)26-21-16(2)8-7-9-17(21)3/h4-14H,1-3H3,(H,26,30). The van der Waals surface area contributed by atoms with Crippen LogP contribution in [0.3, 0.4) is 0 Å². The van der Waals surface area contributed by atoms with E-state index < -0.39 is 0 Å². The zero-order valence-electron chi connectivity index (χ0n) is 17.0. The zero-order valence-corrected chi connectivity index (χ0v) is 17.7. The molecule has 4 aromatic rings. The predicted molar refractivity (Wildman–Crippen MR) is 120 cm³/mol. The summed E-state index contributed by atoms with van der Waals surface area (Å²) in [6.45, 7) is 5.89. The molecule has 0 bridgehead atoms. The van der Waals surface area contributed by atoms with E-state index in [4.69, 9.17) is 11.6 Å². The van der Waals surface area contributed by atoms with Crippen LogP contribution in [0.25, 0.3) is 17.1 Å². The van der Waals surface area contributed by atoms with Gasteiger partial charge in [-0.05, 0) is 49.6 Å². The molecule has 30 heavy (non-hydrogen) atoms. The lowest BCUT2D eigenvalue weighted by Crippen LogP contribution is -2.16. The van der Waals surface area contributed by atoms with Gasteiger partial charge in [0.05, 0.1) is 5.69 Å². The number of anilines is 1. The third-order valence-electron chi connectivity index (χ3n) is 4.96. The summed E-state index contributed by atoms with van der Waals surface area (Å²) in [5.74, 6) is 0.312. The molecule has 4 rings (SSSR count). The highest BCUT2D eigenvalue weighted by Gasteiger charge is 2.20. The first-order valence-corrected chi connectivity index (χ1v) is 9.98. The second kappa shape index (κ2) is 8.13. The van der Waals surface area contributed by atoms with E-state index in [0.717, 1.165) is 33.6 Å². The average molecular weight is 417 g/mol. The number of rotatable bonds is 4. The van der Waals surface area contributed by atoms with Crippen molar-refractivity contribution in [3.05, 3.63) is 94.3 Å². The van der Waals surface area contributed by atoms with Crippen LogP contribution in [-0.4, -0.2) is 20.7 Å². The van der Waals surface area contributed by atoms with Crippen molar-refractivity contribution in [2.24, 2.45) is 0 Å². The van der Waals surface area contributed by atoms with E-state index in [9.17, 15) is 4.79 Å². The molecule has 150 valence electrons. The smallest absolute Gasteiger partial charge is 0.295 e. The van der Waals surface area contributed by atoms with Crippen LogP contribution in [0.2, 0.25) is 5.02 Å². The van der Waals surface area contributed by atoms with Gasteiger partial charge >= 0.3 is 0 Å². The van der Waals surface area contributed by atoms with E-state index in [1.54, 1.807) is 4.68 Å². The first-order valence-electron chi connectivity index (χ1n) is 9.60. The molecule has 0 atom stereocenters. The number of aryl methyl sites for hydroxylation is 3. The van der Waals surface area contributed by atoms with Crippen LogP contribution in [-0.2, 0) is 0 Å². The van der Waals surface area contributed by atoms with Gasteiger partial charge in [-0.15, -0.1) is 5.10 Å². The second-order valence-corrected chi connectivity index (χ2v) is 7.63. The van der Waals surface area contributed by atoms with Crippen molar-refractivity contribution >= 4 is 23.2 Å². The number of carbonyl (C=O) groups is 1. The van der Waals surface area contributed by atoms with Crippen LogP contribution in [0.1, 0.15) is 27.3 Å². The van der Waals surface area contributed by atoms with Crippen LogP contribution in [0.4, 0.5) is 5.69 Å². The van der Waals surface area contributed by atoms with Crippen molar-refractivity contribution in [2.75, 3.05) is 5.32 Å². The zero-order chi connectivity index (χ0) is 21.3. The maximum Gasteiger partial charge on any atom is 0.295 e. The molecule has 0 radical (unpaired) electrons. The number of para-hydroxylation sites is 1. The minimum atomic E-state index is -0.358. The molecule has 1 aromatic heterocycles. The third-order valence-corrected chi connectivity index (χ3v) is 5.20. The second-order valence-electron chi connectivity index (χ2n) is 7.19. The molecule has 0 aliphatic carbocycles. The summed E-state index contributed by atoms with van der Waals surface area (Å²) in [5, 5.41) is 8.10. The highest BCUT2D eigenvalue weighted by molar-refractivity contribution is 6.30. The third kappa shape index (κ3) is 3.84. The molecule has 1 N–H and O–H groups in total. The lowest BCUT2D eigenvalue weighted by atomic mass is 10.1. The Morgan fingerprint density at radius 3 is 2.30 bits per heavy atom. The maximum absolute atomic E-state index is 13.0. The Balaban J connectivity index is 1.81. The minimum Gasteiger partial charge on any atom is -0.319 e. The van der Waals surface area contributed by atoms with Gasteiger partial charge in [0.15, 0.2) is 5.82 Å². The molecule has 0 saturated carbocycles.